The molecule has 7 heteroatoms. The Hall–Kier alpha value is -2.73. The van der Waals surface area contributed by atoms with E-state index in [0.717, 1.165) is 6.42 Å². The predicted molar refractivity (Wildman–Crippen MR) is 104 cm³/mol. The van der Waals surface area contributed by atoms with E-state index in [4.69, 9.17) is 25.8 Å². The average Bonchev–Trinajstić information content (AvgIpc) is 2.67. The Labute approximate surface area is 163 Å². The number of esters is 1. The van der Waals surface area contributed by atoms with E-state index in [-0.39, 0.29) is 6.61 Å². The highest BCUT2D eigenvalue weighted by Crippen LogP contribution is 2.27. The first-order valence-corrected chi connectivity index (χ1v) is 8.86. The summed E-state index contributed by atoms with van der Waals surface area (Å²) in [6, 6.07) is 12.2. The molecule has 0 aromatic heterocycles. The number of halogens is 1. The molecule has 6 nitrogen and oxygen atoms in total. The number of methoxy groups -OCH3 is 1. The molecule has 0 heterocycles. The van der Waals surface area contributed by atoms with Crippen molar-refractivity contribution in [1.82, 2.24) is 0 Å². The minimum absolute atomic E-state index is 0.288. The number of anilines is 1. The molecule has 0 spiro atoms. The van der Waals surface area contributed by atoms with Gasteiger partial charge in [0.15, 0.2) is 12.7 Å². The van der Waals surface area contributed by atoms with E-state index >= 15 is 0 Å². The maximum Gasteiger partial charge on any atom is 0.344 e. The van der Waals surface area contributed by atoms with E-state index in [0.29, 0.717) is 22.2 Å². The van der Waals surface area contributed by atoms with Gasteiger partial charge in [-0.15, -0.1) is 0 Å². The first-order valence-electron chi connectivity index (χ1n) is 8.48. The fraction of sp³-hybridized carbons (Fsp3) is 0.300. The molecule has 1 N–H and O–H groups in total. The first-order chi connectivity index (χ1) is 12.9. The van der Waals surface area contributed by atoms with Crippen LogP contribution >= 0.6 is 11.6 Å². The summed E-state index contributed by atoms with van der Waals surface area (Å²) in [7, 11) is 1.48. The van der Waals surface area contributed by atoms with Crippen molar-refractivity contribution < 1.29 is 23.8 Å². The molecule has 1 atom stereocenters. The van der Waals surface area contributed by atoms with Crippen molar-refractivity contribution >= 4 is 29.2 Å². The van der Waals surface area contributed by atoms with E-state index in [2.05, 4.69) is 12.2 Å². The van der Waals surface area contributed by atoms with Crippen LogP contribution in [0, 0.1) is 0 Å². The summed E-state index contributed by atoms with van der Waals surface area (Å²) in [5, 5.41) is 3.07. The van der Waals surface area contributed by atoms with E-state index in [1.54, 1.807) is 30.3 Å². The molecular weight excluding hydrogens is 370 g/mol. The summed E-state index contributed by atoms with van der Waals surface area (Å²) < 4.78 is 15.6. The predicted octanol–water partition coefficient (Wildman–Crippen LogP) is 3.86. The van der Waals surface area contributed by atoms with Gasteiger partial charge in [0, 0.05) is 5.02 Å². The second-order valence-corrected chi connectivity index (χ2v) is 6.19. The highest BCUT2D eigenvalue weighted by Gasteiger charge is 2.19. The number of benzene rings is 2. The molecular formula is C20H22ClNO5. The zero-order valence-electron chi connectivity index (χ0n) is 15.5. The molecule has 0 saturated carbocycles. The molecule has 0 unspecified atom stereocenters. The van der Waals surface area contributed by atoms with Crippen LogP contribution in [0.3, 0.4) is 0 Å². The Morgan fingerprint density at radius 3 is 2.48 bits per heavy atom. The van der Waals surface area contributed by atoms with Crippen LogP contribution in [-0.4, -0.2) is 31.7 Å². The van der Waals surface area contributed by atoms with Crippen molar-refractivity contribution in [2.45, 2.75) is 26.4 Å². The molecule has 2 aromatic rings. The van der Waals surface area contributed by atoms with Crippen LogP contribution in [0.25, 0.3) is 0 Å². The number of hydrogen-bond acceptors (Lipinski definition) is 5. The van der Waals surface area contributed by atoms with E-state index in [1.165, 1.54) is 19.6 Å². The number of ether oxygens (including phenoxy) is 3. The van der Waals surface area contributed by atoms with Gasteiger partial charge in [0.1, 0.15) is 11.5 Å². The SMILES string of the molecule is CCc1ccc(OCC(=O)O[C@@H](C)C(=O)Nc2cc(Cl)ccc2OC)cc1. The summed E-state index contributed by atoms with van der Waals surface area (Å²) in [6.45, 7) is 3.24. The maximum atomic E-state index is 12.2. The maximum absolute atomic E-state index is 12.2. The molecule has 0 radical (unpaired) electrons. The van der Waals surface area contributed by atoms with Crippen molar-refractivity contribution in [1.29, 1.82) is 0 Å². The number of nitrogens with one attached hydrogen (secondary N) is 1. The molecule has 0 saturated heterocycles. The first kappa shape index (κ1) is 20.6. The van der Waals surface area contributed by atoms with E-state index in [1.807, 2.05) is 12.1 Å². The van der Waals surface area contributed by atoms with Gasteiger partial charge in [-0.1, -0.05) is 30.7 Å². The van der Waals surface area contributed by atoms with Crippen molar-refractivity contribution in [2.24, 2.45) is 0 Å². The molecule has 0 aliphatic rings. The summed E-state index contributed by atoms with van der Waals surface area (Å²) in [5.74, 6) is -0.137. The number of amides is 1. The molecule has 0 aliphatic heterocycles. The number of rotatable bonds is 8. The van der Waals surface area contributed by atoms with E-state index in [9.17, 15) is 9.59 Å². The quantitative estimate of drug-likeness (QED) is 0.691. The Morgan fingerprint density at radius 2 is 1.85 bits per heavy atom. The molecule has 27 heavy (non-hydrogen) atoms. The summed E-state index contributed by atoms with van der Waals surface area (Å²) in [5.41, 5.74) is 1.57. The summed E-state index contributed by atoms with van der Waals surface area (Å²) in [6.07, 6.45) is -0.0842. The van der Waals surface area contributed by atoms with Gasteiger partial charge in [-0.05, 0) is 49.2 Å². The lowest BCUT2D eigenvalue weighted by molar-refractivity contribution is -0.155. The van der Waals surface area contributed by atoms with Crippen molar-refractivity contribution in [2.75, 3.05) is 19.0 Å². The average molecular weight is 392 g/mol. The molecule has 2 aromatic carbocycles. The van der Waals surface area contributed by atoms with Crippen LogP contribution < -0.4 is 14.8 Å². The molecule has 0 bridgehead atoms. The second-order valence-electron chi connectivity index (χ2n) is 5.75. The minimum Gasteiger partial charge on any atom is -0.495 e. The van der Waals surface area contributed by atoms with Gasteiger partial charge in [0.05, 0.1) is 12.8 Å². The van der Waals surface area contributed by atoms with Crippen LogP contribution in [0.4, 0.5) is 5.69 Å². The lowest BCUT2D eigenvalue weighted by Crippen LogP contribution is -2.31. The monoisotopic (exact) mass is 391 g/mol. The Kier molecular flexibility index (Phi) is 7.49. The van der Waals surface area contributed by atoms with Gasteiger partial charge in [0.2, 0.25) is 0 Å². The van der Waals surface area contributed by atoms with Gasteiger partial charge in [-0.3, -0.25) is 4.79 Å². The van der Waals surface area contributed by atoms with Crippen molar-refractivity contribution in [3.63, 3.8) is 0 Å². The fourth-order valence-electron chi connectivity index (χ4n) is 2.26. The second kappa shape index (κ2) is 9.83. The largest absolute Gasteiger partial charge is 0.495 e. The van der Waals surface area contributed by atoms with Gasteiger partial charge in [0.25, 0.3) is 5.91 Å². The van der Waals surface area contributed by atoms with Crippen LogP contribution in [0.5, 0.6) is 11.5 Å². The summed E-state index contributed by atoms with van der Waals surface area (Å²) >= 11 is 5.93. The third kappa shape index (κ3) is 6.18. The van der Waals surface area contributed by atoms with Crippen LogP contribution in [0.2, 0.25) is 5.02 Å². The highest BCUT2D eigenvalue weighted by molar-refractivity contribution is 6.31. The van der Waals surface area contributed by atoms with Crippen LogP contribution in [0.15, 0.2) is 42.5 Å². The van der Waals surface area contributed by atoms with E-state index < -0.39 is 18.0 Å². The molecule has 0 aliphatic carbocycles. The number of aryl methyl sites for hydroxylation is 1. The van der Waals surface area contributed by atoms with Crippen molar-refractivity contribution in [3.05, 3.63) is 53.1 Å². The number of carbonyl (C=O) groups is 2. The summed E-state index contributed by atoms with van der Waals surface area (Å²) in [4.78, 5) is 24.2. The Morgan fingerprint density at radius 1 is 1.15 bits per heavy atom. The van der Waals surface area contributed by atoms with Gasteiger partial charge in [-0.2, -0.15) is 0 Å². The standard InChI is InChI=1S/C20H22ClNO5/c1-4-14-5-8-16(9-6-14)26-12-19(23)27-13(2)20(24)22-17-11-15(21)7-10-18(17)25-3/h5-11,13H,4,12H2,1-3H3,(H,22,24)/t13-/m0/s1. The lowest BCUT2D eigenvalue weighted by Gasteiger charge is -2.15. The highest BCUT2D eigenvalue weighted by atomic mass is 35.5. The number of carbonyl (C=O) groups excluding carboxylic acids is 2. The Bertz CT molecular complexity index is 791. The third-order valence-electron chi connectivity index (χ3n) is 3.79. The molecule has 0 fully saturated rings. The van der Waals surface area contributed by atoms with Crippen LogP contribution in [-0.2, 0) is 20.7 Å². The molecule has 2 rings (SSSR count). The smallest absolute Gasteiger partial charge is 0.344 e. The zero-order valence-corrected chi connectivity index (χ0v) is 16.2. The molecule has 144 valence electrons. The van der Waals surface area contributed by atoms with Gasteiger partial charge >= 0.3 is 5.97 Å². The normalized spacial score (nSPS) is 11.4. The Balaban J connectivity index is 1.86. The fourth-order valence-corrected chi connectivity index (χ4v) is 2.43. The van der Waals surface area contributed by atoms with Gasteiger partial charge in [-0.25, -0.2) is 4.79 Å². The topological polar surface area (TPSA) is 73.9 Å². The zero-order chi connectivity index (χ0) is 19.8. The van der Waals surface area contributed by atoms with Gasteiger partial charge < -0.3 is 19.5 Å². The van der Waals surface area contributed by atoms with Crippen molar-refractivity contribution in [3.8, 4) is 11.5 Å². The molecule has 1 amide bonds. The lowest BCUT2D eigenvalue weighted by atomic mass is 10.2. The number of hydrogen-bond donors (Lipinski definition) is 1. The minimum atomic E-state index is -1.01. The third-order valence-corrected chi connectivity index (χ3v) is 4.02. The van der Waals surface area contributed by atoms with Crippen LogP contribution in [0.1, 0.15) is 19.4 Å².